The smallest absolute Gasteiger partial charge is 0.375 e. The van der Waals surface area contributed by atoms with Crippen LogP contribution in [-0.2, 0) is 16.6 Å². The Balaban J connectivity index is 2.46. The Hall–Kier alpha value is -3.04. The number of carbonyl (C=O) groups is 2. The predicted octanol–water partition coefficient (Wildman–Crippen LogP) is -0.554. The van der Waals surface area contributed by atoms with E-state index in [-0.39, 0.29) is 17.0 Å². The number of tetrazole rings is 1. The van der Waals surface area contributed by atoms with Crippen LogP contribution in [0.2, 0.25) is 0 Å². The number of benzene rings is 1. The Bertz CT molecular complexity index is 810. The second-order valence-corrected chi connectivity index (χ2v) is 4.38. The van der Waals surface area contributed by atoms with E-state index in [9.17, 15) is 18.8 Å². The van der Waals surface area contributed by atoms with Crippen molar-refractivity contribution in [3.8, 4) is 11.4 Å². The van der Waals surface area contributed by atoms with Gasteiger partial charge >= 0.3 is 11.7 Å². The third-order valence-corrected chi connectivity index (χ3v) is 2.79. The summed E-state index contributed by atoms with van der Waals surface area (Å²) >= 11 is 0. The molecule has 0 aliphatic rings. The van der Waals surface area contributed by atoms with Gasteiger partial charge in [0.15, 0.2) is 6.61 Å². The third-order valence-electron chi connectivity index (χ3n) is 2.79. The van der Waals surface area contributed by atoms with E-state index in [4.69, 9.17) is 9.84 Å². The van der Waals surface area contributed by atoms with Crippen LogP contribution in [-0.4, -0.2) is 43.3 Å². The molecule has 1 heterocycles. The average Bonchev–Trinajstić information content (AvgIpc) is 2.79. The number of hydrogen-bond donors (Lipinski definition) is 1. The van der Waals surface area contributed by atoms with E-state index in [2.05, 4.69) is 10.4 Å². The lowest BCUT2D eigenvalue weighted by molar-refractivity contribution is -0.150. The zero-order chi connectivity index (χ0) is 16.4. The van der Waals surface area contributed by atoms with E-state index >= 15 is 0 Å². The maximum Gasteiger partial charge on any atom is 0.375 e. The van der Waals surface area contributed by atoms with Gasteiger partial charge in [-0.2, -0.15) is 9.36 Å². The van der Waals surface area contributed by atoms with E-state index in [1.807, 2.05) is 0 Å². The highest BCUT2D eigenvalue weighted by molar-refractivity contribution is 6.33. The highest BCUT2D eigenvalue weighted by Crippen LogP contribution is 2.25. The first kappa shape index (κ1) is 15.4. The van der Waals surface area contributed by atoms with Gasteiger partial charge in [0.1, 0.15) is 17.3 Å². The van der Waals surface area contributed by atoms with Gasteiger partial charge in [-0.3, -0.25) is 4.79 Å². The fourth-order valence-electron chi connectivity index (χ4n) is 1.60. The van der Waals surface area contributed by atoms with Gasteiger partial charge in [-0.1, -0.05) is 0 Å². The zero-order valence-electron chi connectivity index (χ0n) is 11.6. The van der Waals surface area contributed by atoms with Crippen molar-refractivity contribution < 1.29 is 23.8 Å². The van der Waals surface area contributed by atoms with Crippen molar-refractivity contribution in [2.24, 2.45) is 7.05 Å². The van der Waals surface area contributed by atoms with Crippen molar-refractivity contribution in [3.63, 3.8) is 0 Å². The van der Waals surface area contributed by atoms with Crippen molar-refractivity contribution in [2.75, 3.05) is 6.61 Å². The summed E-state index contributed by atoms with van der Waals surface area (Å²) in [5.74, 6) is -3.72. The summed E-state index contributed by atoms with van der Waals surface area (Å²) in [6.45, 7) is 0.659. The molecular weight excluding hydrogens is 299 g/mol. The second kappa shape index (κ2) is 5.76. The average molecular weight is 310 g/mol. The molecule has 10 heteroatoms. The van der Waals surface area contributed by atoms with Crippen molar-refractivity contribution in [3.05, 3.63) is 34.0 Å². The number of aromatic nitrogens is 4. The van der Waals surface area contributed by atoms with Gasteiger partial charge in [0, 0.05) is 13.1 Å². The quantitative estimate of drug-likeness (QED) is 0.736. The molecule has 22 heavy (non-hydrogen) atoms. The molecule has 1 N–H and O–H groups in total. The lowest BCUT2D eigenvalue weighted by Gasteiger charge is -2.10. The molecule has 116 valence electrons. The Kier molecular flexibility index (Phi) is 4.02. The second-order valence-electron chi connectivity index (χ2n) is 4.38. The molecule has 0 unspecified atom stereocenters. The summed E-state index contributed by atoms with van der Waals surface area (Å²) in [4.78, 5) is 33.4. The number of aliphatic carboxylic acids is 1. The minimum absolute atomic E-state index is 0.0511. The first-order valence-electron chi connectivity index (χ1n) is 5.99. The molecule has 0 saturated heterocycles. The standard InChI is InChI=1S/C12H11FN4O5/c1-6-3-8(17-12(21)16(2)14-15-17)10(4-7(6)13)22-5-9(18)11(19)20/h3-4H,5H2,1-2H3,(H,19,20). The normalized spacial score (nSPS) is 10.5. The number of rotatable bonds is 5. The molecule has 1 aromatic heterocycles. The van der Waals surface area contributed by atoms with Crippen LogP contribution in [0.4, 0.5) is 4.39 Å². The summed E-state index contributed by atoms with van der Waals surface area (Å²) in [5, 5.41) is 15.6. The molecule has 9 nitrogen and oxygen atoms in total. The number of carboxylic acid groups (broad SMARTS) is 1. The molecule has 0 aliphatic carbocycles. The summed E-state index contributed by atoms with van der Waals surface area (Å²) < 4.78 is 20.5. The highest BCUT2D eigenvalue weighted by Gasteiger charge is 2.18. The first-order valence-corrected chi connectivity index (χ1v) is 5.99. The number of carboxylic acids is 1. The van der Waals surface area contributed by atoms with Gasteiger partial charge in [-0.25, -0.2) is 14.0 Å². The van der Waals surface area contributed by atoms with E-state index in [1.54, 1.807) is 0 Å². The van der Waals surface area contributed by atoms with Crippen molar-refractivity contribution in [1.82, 2.24) is 19.8 Å². The Morgan fingerprint density at radius 2 is 2.05 bits per heavy atom. The SMILES string of the molecule is Cc1cc(-n2nnn(C)c2=O)c(OCC(=O)C(=O)O)cc1F. The van der Waals surface area contributed by atoms with Gasteiger partial charge in [0.05, 0.1) is 0 Å². The number of ketones is 1. The number of hydrogen-bond acceptors (Lipinski definition) is 6. The third kappa shape index (κ3) is 2.85. The van der Waals surface area contributed by atoms with Crippen LogP contribution in [0, 0.1) is 12.7 Å². The van der Waals surface area contributed by atoms with Gasteiger partial charge in [0.2, 0.25) is 0 Å². The highest BCUT2D eigenvalue weighted by atomic mass is 19.1. The lowest BCUT2D eigenvalue weighted by Crippen LogP contribution is -2.24. The van der Waals surface area contributed by atoms with Crippen molar-refractivity contribution in [2.45, 2.75) is 6.92 Å². The molecule has 0 saturated carbocycles. The maximum atomic E-state index is 13.7. The molecule has 2 aromatic rings. The molecule has 0 amide bonds. The minimum atomic E-state index is -1.68. The molecule has 0 fully saturated rings. The zero-order valence-corrected chi connectivity index (χ0v) is 11.6. The molecule has 0 aliphatic heterocycles. The van der Waals surface area contributed by atoms with Gasteiger partial charge < -0.3 is 9.84 Å². The molecule has 1 aromatic carbocycles. The van der Waals surface area contributed by atoms with Crippen LogP contribution < -0.4 is 10.4 Å². The number of halogens is 1. The van der Waals surface area contributed by atoms with E-state index in [0.717, 1.165) is 15.4 Å². The summed E-state index contributed by atoms with van der Waals surface area (Å²) in [5.41, 5.74) is -0.347. The number of nitrogens with zero attached hydrogens (tertiary/aromatic N) is 4. The fourth-order valence-corrected chi connectivity index (χ4v) is 1.60. The molecule has 2 rings (SSSR count). The monoisotopic (exact) mass is 310 g/mol. The number of Topliss-reactive ketones (excluding diaryl/α,β-unsaturated/α-hetero) is 1. The van der Waals surface area contributed by atoms with Gasteiger partial charge in [-0.15, -0.1) is 0 Å². The number of ether oxygens (including phenoxy) is 1. The summed E-state index contributed by atoms with van der Waals surface area (Å²) in [6.07, 6.45) is 0. The van der Waals surface area contributed by atoms with Crippen LogP contribution in [0.25, 0.3) is 5.69 Å². The van der Waals surface area contributed by atoms with Gasteiger partial charge in [-0.05, 0) is 29.0 Å². The summed E-state index contributed by atoms with van der Waals surface area (Å²) in [7, 11) is 1.37. The Morgan fingerprint density at radius 3 is 2.59 bits per heavy atom. The van der Waals surface area contributed by atoms with Gasteiger partial charge in [0.25, 0.3) is 5.78 Å². The molecular formula is C12H11FN4O5. The van der Waals surface area contributed by atoms with Crippen LogP contribution in [0.15, 0.2) is 16.9 Å². The van der Waals surface area contributed by atoms with Crippen LogP contribution in [0.3, 0.4) is 0 Å². The molecule has 0 radical (unpaired) electrons. The van der Waals surface area contributed by atoms with Crippen molar-refractivity contribution >= 4 is 11.8 Å². The lowest BCUT2D eigenvalue weighted by atomic mass is 10.2. The molecule has 0 spiro atoms. The van der Waals surface area contributed by atoms with Crippen LogP contribution >= 0.6 is 0 Å². The maximum absolute atomic E-state index is 13.7. The minimum Gasteiger partial charge on any atom is -0.483 e. The van der Waals surface area contributed by atoms with Crippen LogP contribution in [0.1, 0.15) is 5.56 Å². The fraction of sp³-hybridized carbons (Fsp3) is 0.250. The topological polar surface area (TPSA) is 116 Å². The number of aryl methyl sites for hydroxylation is 2. The van der Waals surface area contributed by atoms with Crippen LogP contribution in [0.5, 0.6) is 5.75 Å². The first-order chi connectivity index (χ1) is 10.3. The van der Waals surface area contributed by atoms with E-state index in [1.165, 1.54) is 20.0 Å². The Labute approximate surface area is 122 Å². The summed E-state index contributed by atoms with van der Waals surface area (Å²) in [6, 6.07) is 2.23. The largest absolute Gasteiger partial charge is 0.483 e. The van der Waals surface area contributed by atoms with E-state index < -0.39 is 29.9 Å². The predicted molar refractivity (Wildman–Crippen MR) is 69.4 cm³/mol. The number of carbonyl (C=O) groups excluding carboxylic acids is 1. The molecule has 0 bridgehead atoms. The Morgan fingerprint density at radius 1 is 1.36 bits per heavy atom. The molecule has 0 atom stereocenters. The van der Waals surface area contributed by atoms with E-state index in [0.29, 0.717) is 0 Å². The van der Waals surface area contributed by atoms with Crippen molar-refractivity contribution in [1.29, 1.82) is 0 Å².